The Kier molecular flexibility index (Phi) is 4.90. The molecule has 0 atom stereocenters. The SMILES string of the molecule is Brc1cccc(CN2CCc3nc(C4CCCCC4)ncc3C2)n1. The van der Waals surface area contributed by atoms with Crippen molar-refractivity contribution < 1.29 is 0 Å². The average molecular weight is 387 g/mol. The molecular formula is C19H23BrN4. The van der Waals surface area contributed by atoms with E-state index in [0.717, 1.165) is 42.2 Å². The summed E-state index contributed by atoms with van der Waals surface area (Å²) in [6.45, 7) is 2.85. The smallest absolute Gasteiger partial charge is 0.131 e. The average Bonchev–Trinajstić information content (AvgIpc) is 2.62. The van der Waals surface area contributed by atoms with E-state index in [9.17, 15) is 0 Å². The van der Waals surface area contributed by atoms with E-state index in [1.807, 2.05) is 12.1 Å². The highest BCUT2D eigenvalue weighted by atomic mass is 79.9. The molecule has 2 aliphatic rings. The fourth-order valence-corrected chi connectivity index (χ4v) is 4.23. The van der Waals surface area contributed by atoms with E-state index in [4.69, 9.17) is 9.97 Å². The van der Waals surface area contributed by atoms with Gasteiger partial charge in [-0.2, -0.15) is 0 Å². The van der Waals surface area contributed by atoms with Crippen LogP contribution in [-0.2, 0) is 19.5 Å². The van der Waals surface area contributed by atoms with Crippen LogP contribution in [0, 0.1) is 0 Å². The molecule has 0 amide bonds. The molecule has 126 valence electrons. The molecule has 0 aromatic carbocycles. The van der Waals surface area contributed by atoms with Crippen molar-refractivity contribution in [1.29, 1.82) is 0 Å². The number of rotatable bonds is 3. The van der Waals surface area contributed by atoms with Crippen LogP contribution in [-0.4, -0.2) is 26.4 Å². The highest BCUT2D eigenvalue weighted by Gasteiger charge is 2.22. The van der Waals surface area contributed by atoms with Crippen LogP contribution in [0.25, 0.3) is 0 Å². The molecule has 3 heterocycles. The van der Waals surface area contributed by atoms with Gasteiger partial charge in [0.15, 0.2) is 0 Å². The lowest BCUT2D eigenvalue weighted by Gasteiger charge is -2.28. The predicted molar refractivity (Wildman–Crippen MR) is 97.6 cm³/mol. The van der Waals surface area contributed by atoms with Crippen molar-refractivity contribution in [3.05, 3.63) is 51.8 Å². The van der Waals surface area contributed by atoms with Crippen molar-refractivity contribution in [3.63, 3.8) is 0 Å². The van der Waals surface area contributed by atoms with Gasteiger partial charge in [0.2, 0.25) is 0 Å². The van der Waals surface area contributed by atoms with Crippen LogP contribution < -0.4 is 0 Å². The van der Waals surface area contributed by atoms with E-state index in [1.54, 1.807) is 0 Å². The standard InChI is InChI=1S/C19H23BrN4/c20-18-8-4-7-16(22-18)13-24-10-9-17-15(12-24)11-21-19(23-17)14-5-2-1-3-6-14/h4,7-8,11,14H,1-3,5-6,9-10,12-13H2. The van der Waals surface area contributed by atoms with Crippen LogP contribution in [0.4, 0.5) is 0 Å². The second-order valence-electron chi connectivity index (χ2n) is 6.95. The maximum absolute atomic E-state index is 4.93. The molecule has 24 heavy (non-hydrogen) atoms. The summed E-state index contributed by atoms with van der Waals surface area (Å²) in [5, 5.41) is 0. The van der Waals surface area contributed by atoms with E-state index >= 15 is 0 Å². The van der Waals surface area contributed by atoms with Gasteiger partial charge in [0.25, 0.3) is 0 Å². The third-order valence-electron chi connectivity index (χ3n) is 5.16. The van der Waals surface area contributed by atoms with Gasteiger partial charge in [-0.05, 0) is 40.9 Å². The number of fused-ring (bicyclic) bond motifs is 1. The van der Waals surface area contributed by atoms with Crippen molar-refractivity contribution in [2.24, 2.45) is 0 Å². The summed E-state index contributed by atoms with van der Waals surface area (Å²) in [5.41, 5.74) is 3.66. The van der Waals surface area contributed by atoms with Crippen LogP contribution in [0.5, 0.6) is 0 Å². The Hall–Kier alpha value is -1.33. The van der Waals surface area contributed by atoms with E-state index in [2.05, 4.69) is 38.1 Å². The van der Waals surface area contributed by atoms with Gasteiger partial charge in [-0.15, -0.1) is 0 Å². The largest absolute Gasteiger partial charge is 0.293 e. The molecule has 0 radical (unpaired) electrons. The summed E-state index contributed by atoms with van der Waals surface area (Å²) < 4.78 is 0.901. The van der Waals surface area contributed by atoms with Gasteiger partial charge >= 0.3 is 0 Å². The highest BCUT2D eigenvalue weighted by Crippen LogP contribution is 2.31. The lowest BCUT2D eigenvalue weighted by molar-refractivity contribution is 0.239. The number of halogens is 1. The quantitative estimate of drug-likeness (QED) is 0.739. The molecule has 0 N–H and O–H groups in total. The van der Waals surface area contributed by atoms with Crippen molar-refractivity contribution >= 4 is 15.9 Å². The first-order valence-electron chi connectivity index (χ1n) is 8.96. The Balaban J connectivity index is 1.45. The molecule has 5 heteroatoms. The van der Waals surface area contributed by atoms with Gasteiger partial charge in [-0.25, -0.2) is 15.0 Å². The van der Waals surface area contributed by atoms with Crippen molar-refractivity contribution in [2.45, 2.75) is 57.5 Å². The lowest BCUT2D eigenvalue weighted by Crippen LogP contribution is -2.31. The minimum absolute atomic E-state index is 0.591. The third kappa shape index (κ3) is 3.67. The third-order valence-corrected chi connectivity index (χ3v) is 5.60. The van der Waals surface area contributed by atoms with Gasteiger partial charge in [0, 0.05) is 49.4 Å². The highest BCUT2D eigenvalue weighted by molar-refractivity contribution is 9.10. The zero-order valence-electron chi connectivity index (χ0n) is 13.9. The van der Waals surface area contributed by atoms with Crippen LogP contribution in [0.15, 0.2) is 29.0 Å². The maximum atomic E-state index is 4.93. The molecule has 2 aromatic rings. The molecule has 0 spiro atoms. The molecule has 1 fully saturated rings. The molecule has 0 saturated heterocycles. The fraction of sp³-hybridized carbons (Fsp3) is 0.526. The van der Waals surface area contributed by atoms with Gasteiger partial charge in [0.05, 0.1) is 5.69 Å². The minimum atomic E-state index is 0.591. The number of hydrogen-bond acceptors (Lipinski definition) is 4. The molecule has 1 aliphatic heterocycles. The summed E-state index contributed by atoms with van der Waals surface area (Å²) in [6.07, 6.45) is 9.66. The van der Waals surface area contributed by atoms with Crippen LogP contribution >= 0.6 is 15.9 Å². The zero-order chi connectivity index (χ0) is 16.4. The molecule has 0 bridgehead atoms. The Morgan fingerprint density at radius 3 is 2.83 bits per heavy atom. The number of aromatic nitrogens is 3. The molecule has 2 aromatic heterocycles. The first-order valence-corrected chi connectivity index (χ1v) is 9.76. The molecule has 0 unspecified atom stereocenters. The Bertz CT molecular complexity index is 712. The molecule has 4 nitrogen and oxygen atoms in total. The van der Waals surface area contributed by atoms with Crippen LogP contribution in [0.1, 0.15) is 60.8 Å². The van der Waals surface area contributed by atoms with Crippen molar-refractivity contribution in [2.75, 3.05) is 6.54 Å². The molecule has 4 rings (SSSR count). The maximum Gasteiger partial charge on any atom is 0.131 e. The number of pyridine rings is 1. The van der Waals surface area contributed by atoms with Crippen LogP contribution in [0.3, 0.4) is 0 Å². The van der Waals surface area contributed by atoms with E-state index in [1.165, 1.54) is 43.4 Å². The predicted octanol–water partition coefficient (Wildman–Crippen LogP) is 4.24. The second-order valence-corrected chi connectivity index (χ2v) is 7.76. The lowest BCUT2D eigenvalue weighted by atomic mass is 9.88. The molecule has 1 saturated carbocycles. The van der Waals surface area contributed by atoms with Gasteiger partial charge in [-0.3, -0.25) is 4.90 Å². The van der Waals surface area contributed by atoms with Gasteiger partial charge < -0.3 is 0 Å². The zero-order valence-corrected chi connectivity index (χ0v) is 15.5. The van der Waals surface area contributed by atoms with Crippen LogP contribution in [0.2, 0.25) is 0 Å². The minimum Gasteiger partial charge on any atom is -0.293 e. The molecular weight excluding hydrogens is 364 g/mol. The Labute approximate surface area is 151 Å². The van der Waals surface area contributed by atoms with E-state index < -0.39 is 0 Å². The monoisotopic (exact) mass is 386 g/mol. The second kappa shape index (κ2) is 7.28. The molecule has 1 aliphatic carbocycles. The first-order chi connectivity index (χ1) is 11.8. The number of hydrogen-bond donors (Lipinski definition) is 0. The summed E-state index contributed by atoms with van der Waals surface area (Å²) in [4.78, 5) is 16.6. The Morgan fingerprint density at radius 1 is 1.12 bits per heavy atom. The van der Waals surface area contributed by atoms with E-state index in [0.29, 0.717) is 5.92 Å². The number of nitrogens with zero attached hydrogens (tertiary/aromatic N) is 4. The summed E-state index contributed by atoms with van der Waals surface area (Å²) >= 11 is 3.45. The first kappa shape index (κ1) is 16.2. The summed E-state index contributed by atoms with van der Waals surface area (Å²) in [5.74, 6) is 1.68. The van der Waals surface area contributed by atoms with Gasteiger partial charge in [-0.1, -0.05) is 25.3 Å². The Morgan fingerprint density at radius 2 is 2.00 bits per heavy atom. The van der Waals surface area contributed by atoms with Gasteiger partial charge in [0.1, 0.15) is 10.4 Å². The van der Waals surface area contributed by atoms with E-state index in [-0.39, 0.29) is 0 Å². The topological polar surface area (TPSA) is 41.9 Å². The normalized spacial score (nSPS) is 19.2. The van der Waals surface area contributed by atoms with Crippen molar-refractivity contribution in [1.82, 2.24) is 19.9 Å². The summed E-state index contributed by atoms with van der Waals surface area (Å²) in [6, 6.07) is 6.10. The van der Waals surface area contributed by atoms with Crippen molar-refractivity contribution in [3.8, 4) is 0 Å². The summed E-state index contributed by atoms with van der Waals surface area (Å²) in [7, 11) is 0. The fourth-order valence-electron chi connectivity index (χ4n) is 3.85.